The van der Waals surface area contributed by atoms with Crippen LogP contribution in [0.2, 0.25) is 0 Å². The average molecular weight is 310 g/mol. The van der Waals surface area contributed by atoms with Crippen LogP contribution in [0, 0.1) is 0 Å². The maximum Gasteiger partial charge on any atom is 0.251 e. The van der Waals surface area contributed by atoms with Crippen molar-refractivity contribution in [3.63, 3.8) is 0 Å². The number of carbonyl (C=O) groups is 1. The number of para-hydroxylation sites is 2. The molecule has 0 saturated heterocycles. The van der Waals surface area contributed by atoms with E-state index in [9.17, 15) is 4.79 Å². The molecule has 118 valence electrons. The number of amides is 1. The monoisotopic (exact) mass is 310 g/mol. The number of hydrogen-bond donors (Lipinski definition) is 2. The van der Waals surface area contributed by atoms with Crippen molar-refractivity contribution in [3.05, 3.63) is 53.6 Å². The molecule has 2 N–H and O–H groups in total. The minimum Gasteiger partial charge on any atom is -0.486 e. The number of hydrogen-bond acceptors (Lipinski definition) is 4. The lowest BCUT2D eigenvalue weighted by molar-refractivity contribution is 0.0789. The third-order valence-corrected chi connectivity index (χ3v) is 4.14. The number of rotatable bonds is 3. The normalized spacial score (nSPS) is 18.0. The summed E-state index contributed by atoms with van der Waals surface area (Å²) in [6.45, 7) is 1.79. The number of fused-ring (bicyclic) bond motifs is 2. The first-order chi connectivity index (χ1) is 11.3. The summed E-state index contributed by atoms with van der Waals surface area (Å²) in [5.41, 5.74) is 3.01. The van der Waals surface area contributed by atoms with Gasteiger partial charge in [-0.25, -0.2) is 0 Å². The van der Waals surface area contributed by atoms with Gasteiger partial charge in [-0.1, -0.05) is 12.1 Å². The fourth-order valence-electron chi connectivity index (χ4n) is 2.92. The Morgan fingerprint density at radius 3 is 3.00 bits per heavy atom. The van der Waals surface area contributed by atoms with Crippen LogP contribution in [0.4, 0.5) is 5.69 Å². The smallest absolute Gasteiger partial charge is 0.251 e. The van der Waals surface area contributed by atoms with Crippen LogP contribution in [0.5, 0.6) is 11.5 Å². The molecule has 2 aromatic rings. The SMILES string of the molecule is O=C(NCC1COc2ccccc2O1)c1ccc2c(c1)CCN2. The van der Waals surface area contributed by atoms with E-state index in [1.807, 2.05) is 42.5 Å². The molecular weight excluding hydrogens is 292 g/mol. The van der Waals surface area contributed by atoms with E-state index in [-0.39, 0.29) is 12.0 Å². The van der Waals surface area contributed by atoms with Crippen molar-refractivity contribution in [3.8, 4) is 11.5 Å². The van der Waals surface area contributed by atoms with Crippen molar-refractivity contribution in [2.45, 2.75) is 12.5 Å². The van der Waals surface area contributed by atoms with Gasteiger partial charge in [-0.3, -0.25) is 4.79 Å². The van der Waals surface area contributed by atoms with Gasteiger partial charge in [-0.15, -0.1) is 0 Å². The predicted molar refractivity (Wildman–Crippen MR) is 87.3 cm³/mol. The van der Waals surface area contributed by atoms with Gasteiger partial charge in [0.2, 0.25) is 0 Å². The number of nitrogens with one attached hydrogen (secondary N) is 2. The van der Waals surface area contributed by atoms with Gasteiger partial charge in [0.05, 0.1) is 6.54 Å². The number of ether oxygens (including phenoxy) is 2. The van der Waals surface area contributed by atoms with E-state index >= 15 is 0 Å². The number of anilines is 1. The second kappa shape index (κ2) is 5.83. The first kappa shape index (κ1) is 13.9. The standard InChI is InChI=1S/C18H18N2O3/c21-18(13-5-6-15-12(9-13)7-8-19-15)20-10-14-11-22-16-3-1-2-4-17(16)23-14/h1-6,9,14,19H,7-8,10-11H2,(H,20,21). The minimum absolute atomic E-state index is 0.0813. The van der Waals surface area contributed by atoms with Crippen molar-refractivity contribution < 1.29 is 14.3 Å². The first-order valence-corrected chi connectivity index (χ1v) is 7.83. The van der Waals surface area contributed by atoms with Crippen LogP contribution in [0.3, 0.4) is 0 Å². The molecule has 1 atom stereocenters. The van der Waals surface area contributed by atoms with Gasteiger partial charge in [0.1, 0.15) is 12.7 Å². The lowest BCUT2D eigenvalue weighted by atomic mass is 10.1. The van der Waals surface area contributed by atoms with Crippen LogP contribution in [0.25, 0.3) is 0 Å². The average Bonchev–Trinajstić information content (AvgIpc) is 3.07. The van der Waals surface area contributed by atoms with E-state index in [4.69, 9.17) is 9.47 Å². The molecule has 1 amide bonds. The molecule has 5 nitrogen and oxygen atoms in total. The molecule has 23 heavy (non-hydrogen) atoms. The molecule has 1 unspecified atom stereocenters. The molecule has 2 aliphatic heterocycles. The van der Waals surface area contributed by atoms with E-state index in [2.05, 4.69) is 10.6 Å². The Hall–Kier alpha value is -2.69. The second-order valence-electron chi connectivity index (χ2n) is 5.76. The summed E-state index contributed by atoms with van der Waals surface area (Å²) in [5, 5.41) is 6.22. The first-order valence-electron chi connectivity index (χ1n) is 7.83. The van der Waals surface area contributed by atoms with Gasteiger partial charge in [0.25, 0.3) is 5.91 Å². The van der Waals surface area contributed by atoms with Crippen molar-refractivity contribution >= 4 is 11.6 Å². The molecule has 0 aliphatic carbocycles. The third-order valence-electron chi connectivity index (χ3n) is 4.14. The molecule has 0 bridgehead atoms. The summed E-state index contributed by atoms with van der Waals surface area (Å²) < 4.78 is 11.5. The van der Waals surface area contributed by atoms with Crippen LogP contribution in [0.1, 0.15) is 15.9 Å². The molecule has 0 fully saturated rings. The third kappa shape index (κ3) is 2.82. The summed E-state index contributed by atoms with van der Waals surface area (Å²) >= 11 is 0. The lowest BCUT2D eigenvalue weighted by Crippen LogP contribution is -2.40. The highest BCUT2D eigenvalue weighted by Crippen LogP contribution is 2.30. The van der Waals surface area contributed by atoms with Crippen molar-refractivity contribution in [2.75, 3.05) is 25.0 Å². The van der Waals surface area contributed by atoms with Gasteiger partial charge in [0.15, 0.2) is 11.5 Å². The largest absolute Gasteiger partial charge is 0.486 e. The Morgan fingerprint density at radius 1 is 1.22 bits per heavy atom. The molecule has 4 rings (SSSR count). The van der Waals surface area contributed by atoms with Crippen LogP contribution >= 0.6 is 0 Å². The molecule has 2 aliphatic rings. The van der Waals surface area contributed by atoms with Crippen LogP contribution in [0.15, 0.2) is 42.5 Å². The summed E-state index contributed by atoms with van der Waals surface area (Å²) in [4.78, 5) is 12.3. The predicted octanol–water partition coefficient (Wildman–Crippen LogP) is 2.22. The highest BCUT2D eigenvalue weighted by molar-refractivity contribution is 5.95. The highest BCUT2D eigenvalue weighted by Gasteiger charge is 2.21. The topological polar surface area (TPSA) is 59.6 Å². The Labute approximate surface area is 134 Å². The molecule has 2 aromatic carbocycles. The zero-order chi connectivity index (χ0) is 15.6. The molecule has 2 heterocycles. The van der Waals surface area contributed by atoms with Gasteiger partial charge >= 0.3 is 0 Å². The van der Waals surface area contributed by atoms with E-state index in [0.29, 0.717) is 18.7 Å². The van der Waals surface area contributed by atoms with Crippen molar-refractivity contribution in [2.24, 2.45) is 0 Å². The van der Waals surface area contributed by atoms with Crippen molar-refractivity contribution in [1.82, 2.24) is 5.32 Å². The fraction of sp³-hybridized carbons (Fsp3) is 0.278. The lowest BCUT2D eigenvalue weighted by Gasteiger charge is -2.26. The number of carbonyl (C=O) groups excluding carboxylic acids is 1. The zero-order valence-corrected chi connectivity index (χ0v) is 12.7. The van der Waals surface area contributed by atoms with E-state index in [1.54, 1.807) is 0 Å². The van der Waals surface area contributed by atoms with Gasteiger partial charge < -0.3 is 20.1 Å². The molecule has 0 radical (unpaired) electrons. The van der Waals surface area contributed by atoms with Crippen LogP contribution in [-0.4, -0.2) is 31.7 Å². The van der Waals surface area contributed by atoms with Gasteiger partial charge in [-0.2, -0.15) is 0 Å². The molecule has 5 heteroatoms. The van der Waals surface area contributed by atoms with Crippen LogP contribution in [-0.2, 0) is 6.42 Å². The highest BCUT2D eigenvalue weighted by atomic mass is 16.6. The summed E-state index contributed by atoms with van der Waals surface area (Å²) in [7, 11) is 0. The van der Waals surface area contributed by atoms with Crippen LogP contribution < -0.4 is 20.1 Å². The zero-order valence-electron chi connectivity index (χ0n) is 12.7. The van der Waals surface area contributed by atoms with E-state index in [0.717, 1.165) is 30.2 Å². The maximum absolute atomic E-state index is 12.3. The Morgan fingerprint density at radius 2 is 2.09 bits per heavy atom. The Bertz CT molecular complexity index is 745. The van der Waals surface area contributed by atoms with E-state index in [1.165, 1.54) is 5.56 Å². The molecular formula is C18H18N2O3. The maximum atomic E-state index is 12.3. The summed E-state index contributed by atoms with van der Waals surface area (Å²) in [6.07, 6.45) is 0.789. The Balaban J connectivity index is 1.37. The summed E-state index contributed by atoms with van der Waals surface area (Å²) in [5.74, 6) is 1.39. The number of benzene rings is 2. The van der Waals surface area contributed by atoms with Gasteiger partial charge in [-0.05, 0) is 42.3 Å². The minimum atomic E-state index is -0.176. The van der Waals surface area contributed by atoms with Gasteiger partial charge in [0, 0.05) is 17.8 Å². The molecule has 0 aromatic heterocycles. The molecule has 0 saturated carbocycles. The van der Waals surface area contributed by atoms with Crippen molar-refractivity contribution in [1.29, 1.82) is 0 Å². The van der Waals surface area contributed by atoms with E-state index < -0.39 is 0 Å². The Kier molecular flexibility index (Phi) is 3.54. The summed E-state index contributed by atoms with van der Waals surface area (Å²) in [6, 6.07) is 13.3. The fourth-order valence-corrected chi connectivity index (χ4v) is 2.92. The quantitative estimate of drug-likeness (QED) is 0.913. The molecule has 0 spiro atoms. The second-order valence-corrected chi connectivity index (χ2v) is 5.76.